The van der Waals surface area contributed by atoms with Crippen LogP contribution in [0.3, 0.4) is 0 Å². The molecule has 0 bridgehead atoms. The molecule has 1 saturated heterocycles. The second kappa shape index (κ2) is 6.67. The predicted molar refractivity (Wildman–Crippen MR) is 75.0 cm³/mol. The predicted octanol–water partition coefficient (Wildman–Crippen LogP) is 2.60. The molecule has 1 aromatic carbocycles. The number of hydrogen-bond acceptors (Lipinski definition) is 2. The van der Waals surface area contributed by atoms with Crippen molar-refractivity contribution in [2.45, 2.75) is 0 Å². The monoisotopic (exact) mass is 250 g/mol. The van der Waals surface area contributed by atoms with Crippen molar-refractivity contribution < 1.29 is 0 Å². The summed E-state index contributed by atoms with van der Waals surface area (Å²) >= 11 is 5.61. The highest BCUT2D eigenvalue weighted by molar-refractivity contribution is 6.18. The number of benzene rings is 1. The maximum Gasteiger partial charge on any atom is 0.0404 e. The van der Waals surface area contributed by atoms with E-state index < -0.39 is 0 Å². The van der Waals surface area contributed by atoms with Gasteiger partial charge in [-0.1, -0.05) is 30.4 Å². The second-order valence-electron chi connectivity index (χ2n) is 4.25. The number of allylic oxidation sites excluding steroid dienone is 1. The van der Waals surface area contributed by atoms with Gasteiger partial charge in [0.05, 0.1) is 0 Å². The largest absolute Gasteiger partial charge is 0.369 e. The highest BCUT2D eigenvalue weighted by Gasteiger charge is 2.15. The van der Waals surface area contributed by atoms with Gasteiger partial charge >= 0.3 is 0 Å². The number of nitrogens with zero attached hydrogens (tertiary/aromatic N) is 2. The minimum atomic E-state index is 0.615. The van der Waals surface area contributed by atoms with Gasteiger partial charge in [-0.05, 0) is 12.1 Å². The van der Waals surface area contributed by atoms with Crippen LogP contribution in [0, 0.1) is 0 Å². The Kier molecular flexibility index (Phi) is 4.89. The lowest BCUT2D eigenvalue weighted by molar-refractivity contribution is 0.284. The first-order valence-electron chi connectivity index (χ1n) is 6.13. The van der Waals surface area contributed by atoms with E-state index in [-0.39, 0.29) is 0 Å². The lowest BCUT2D eigenvalue weighted by atomic mass is 10.2. The highest BCUT2D eigenvalue weighted by atomic mass is 35.5. The fraction of sp³-hybridized carbons (Fsp3) is 0.429. The number of halogens is 1. The van der Waals surface area contributed by atoms with Crippen molar-refractivity contribution >= 4 is 17.3 Å². The molecule has 2 nitrogen and oxygen atoms in total. The molecule has 0 radical (unpaired) electrons. The van der Waals surface area contributed by atoms with E-state index in [1.165, 1.54) is 5.69 Å². The Morgan fingerprint density at radius 2 is 1.71 bits per heavy atom. The molecule has 1 aromatic rings. The van der Waals surface area contributed by atoms with Gasteiger partial charge in [-0.15, -0.1) is 11.6 Å². The molecule has 3 heteroatoms. The fourth-order valence-electron chi connectivity index (χ4n) is 2.11. The molecule has 0 aliphatic carbocycles. The van der Waals surface area contributed by atoms with Gasteiger partial charge in [0.15, 0.2) is 0 Å². The molecule has 1 fully saturated rings. The van der Waals surface area contributed by atoms with Crippen molar-refractivity contribution in [1.82, 2.24) is 4.90 Å². The van der Waals surface area contributed by atoms with Crippen LogP contribution in [-0.2, 0) is 0 Å². The van der Waals surface area contributed by atoms with E-state index in [1.54, 1.807) is 0 Å². The molecular formula is C14H19ClN2. The highest BCUT2D eigenvalue weighted by Crippen LogP contribution is 2.15. The molecule has 2 rings (SSSR count). The summed E-state index contributed by atoms with van der Waals surface area (Å²) in [5.41, 5.74) is 1.34. The summed E-state index contributed by atoms with van der Waals surface area (Å²) in [7, 11) is 0. The molecule has 17 heavy (non-hydrogen) atoms. The molecule has 1 heterocycles. The maximum atomic E-state index is 5.61. The summed E-state index contributed by atoms with van der Waals surface area (Å²) in [6.07, 6.45) is 4.18. The lowest BCUT2D eigenvalue weighted by Crippen LogP contribution is -2.46. The summed E-state index contributed by atoms with van der Waals surface area (Å²) < 4.78 is 0. The number of rotatable bonds is 4. The van der Waals surface area contributed by atoms with Crippen molar-refractivity contribution in [3.8, 4) is 0 Å². The zero-order chi connectivity index (χ0) is 11.9. The summed E-state index contributed by atoms with van der Waals surface area (Å²) in [6.45, 7) is 5.50. The van der Waals surface area contributed by atoms with Crippen LogP contribution in [0.2, 0.25) is 0 Å². The number of hydrogen-bond donors (Lipinski definition) is 0. The van der Waals surface area contributed by atoms with Crippen molar-refractivity contribution in [1.29, 1.82) is 0 Å². The minimum absolute atomic E-state index is 0.615. The molecule has 1 aliphatic rings. The SMILES string of the molecule is ClCC=CCN1CCN(c2ccccc2)CC1. The fourth-order valence-corrected chi connectivity index (χ4v) is 2.24. The van der Waals surface area contributed by atoms with Crippen molar-refractivity contribution in [3.05, 3.63) is 42.5 Å². The van der Waals surface area contributed by atoms with E-state index in [1.807, 2.05) is 6.08 Å². The molecular weight excluding hydrogens is 232 g/mol. The van der Waals surface area contributed by atoms with Crippen molar-refractivity contribution in [3.63, 3.8) is 0 Å². The maximum absolute atomic E-state index is 5.61. The normalized spacial score (nSPS) is 17.8. The summed E-state index contributed by atoms with van der Waals surface area (Å²) in [5, 5.41) is 0. The van der Waals surface area contributed by atoms with Crippen LogP contribution in [0.5, 0.6) is 0 Å². The molecule has 0 unspecified atom stereocenters. The van der Waals surface area contributed by atoms with Gasteiger partial charge in [-0.3, -0.25) is 4.90 Å². The first kappa shape index (κ1) is 12.5. The molecule has 0 spiro atoms. The Morgan fingerprint density at radius 3 is 2.35 bits per heavy atom. The third-order valence-electron chi connectivity index (χ3n) is 3.11. The third kappa shape index (κ3) is 3.76. The Balaban J connectivity index is 1.80. The molecule has 92 valence electrons. The van der Waals surface area contributed by atoms with Crippen LogP contribution in [-0.4, -0.2) is 43.5 Å². The molecule has 0 atom stereocenters. The van der Waals surface area contributed by atoms with Gasteiger partial charge in [-0.2, -0.15) is 0 Å². The number of anilines is 1. The van der Waals surface area contributed by atoms with E-state index in [0.29, 0.717) is 5.88 Å². The molecule has 0 saturated carbocycles. The summed E-state index contributed by atoms with van der Waals surface area (Å²) in [4.78, 5) is 4.91. The quantitative estimate of drug-likeness (QED) is 0.599. The van der Waals surface area contributed by atoms with E-state index in [0.717, 1.165) is 32.7 Å². The lowest BCUT2D eigenvalue weighted by Gasteiger charge is -2.35. The topological polar surface area (TPSA) is 6.48 Å². The van der Waals surface area contributed by atoms with E-state index in [2.05, 4.69) is 46.2 Å². The zero-order valence-electron chi connectivity index (χ0n) is 10.1. The van der Waals surface area contributed by atoms with Gasteiger partial charge in [0, 0.05) is 44.3 Å². The van der Waals surface area contributed by atoms with Crippen molar-refractivity contribution in [2.75, 3.05) is 43.5 Å². The van der Waals surface area contributed by atoms with E-state index >= 15 is 0 Å². The summed E-state index contributed by atoms with van der Waals surface area (Å²) in [6, 6.07) is 10.6. The Labute approximate surface area is 108 Å². The van der Waals surface area contributed by atoms with Crippen LogP contribution >= 0.6 is 11.6 Å². The van der Waals surface area contributed by atoms with Crippen LogP contribution in [0.25, 0.3) is 0 Å². The number of para-hydroxylation sites is 1. The molecule has 0 aromatic heterocycles. The van der Waals surface area contributed by atoms with Crippen LogP contribution in [0.4, 0.5) is 5.69 Å². The smallest absolute Gasteiger partial charge is 0.0404 e. The second-order valence-corrected chi connectivity index (χ2v) is 4.56. The van der Waals surface area contributed by atoms with Gasteiger partial charge in [0.25, 0.3) is 0 Å². The van der Waals surface area contributed by atoms with Gasteiger partial charge in [0.2, 0.25) is 0 Å². The van der Waals surface area contributed by atoms with Crippen LogP contribution in [0.1, 0.15) is 0 Å². The van der Waals surface area contributed by atoms with Crippen LogP contribution < -0.4 is 4.90 Å². The summed E-state index contributed by atoms with van der Waals surface area (Å²) in [5.74, 6) is 0.615. The standard InChI is InChI=1S/C14H19ClN2/c15-8-4-5-9-16-10-12-17(13-11-16)14-6-2-1-3-7-14/h1-7H,8-13H2. The molecule has 0 amide bonds. The Bertz CT molecular complexity index is 342. The van der Waals surface area contributed by atoms with E-state index in [9.17, 15) is 0 Å². The van der Waals surface area contributed by atoms with Gasteiger partial charge in [-0.25, -0.2) is 0 Å². The Morgan fingerprint density at radius 1 is 1.00 bits per heavy atom. The third-order valence-corrected chi connectivity index (χ3v) is 3.29. The molecule has 1 aliphatic heterocycles. The first-order valence-corrected chi connectivity index (χ1v) is 6.67. The van der Waals surface area contributed by atoms with Crippen molar-refractivity contribution in [2.24, 2.45) is 0 Å². The molecule has 0 N–H and O–H groups in total. The first-order chi connectivity index (χ1) is 8.40. The average Bonchev–Trinajstić information content (AvgIpc) is 2.41. The van der Waals surface area contributed by atoms with E-state index in [4.69, 9.17) is 11.6 Å². The van der Waals surface area contributed by atoms with Crippen LogP contribution in [0.15, 0.2) is 42.5 Å². The number of alkyl halides is 1. The van der Waals surface area contributed by atoms with Gasteiger partial charge < -0.3 is 4.90 Å². The average molecular weight is 251 g/mol. The number of piperazine rings is 1. The Hall–Kier alpha value is -0.990. The van der Waals surface area contributed by atoms with Gasteiger partial charge in [0.1, 0.15) is 0 Å². The minimum Gasteiger partial charge on any atom is -0.369 e. The zero-order valence-corrected chi connectivity index (χ0v) is 10.8.